The zero-order valence-corrected chi connectivity index (χ0v) is 19.3. The second-order valence-electron chi connectivity index (χ2n) is 8.64. The van der Waals surface area contributed by atoms with Crippen molar-refractivity contribution in [3.8, 4) is 0 Å². The van der Waals surface area contributed by atoms with Crippen LogP contribution in [0.3, 0.4) is 0 Å². The van der Waals surface area contributed by atoms with E-state index >= 15 is 0 Å². The number of likely N-dealkylation sites (N-methyl/N-ethyl adjacent to an activating group) is 1. The average molecular weight is 425 g/mol. The van der Waals surface area contributed by atoms with Crippen molar-refractivity contribution >= 4 is 17.4 Å². The number of hydrogen-bond donors (Lipinski definition) is 1. The van der Waals surface area contributed by atoms with E-state index in [4.69, 9.17) is 4.74 Å². The van der Waals surface area contributed by atoms with E-state index in [2.05, 4.69) is 47.2 Å². The highest BCUT2D eigenvalue weighted by molar-refractivity contribution is 5.93. The molecular formula is C25H36N4O2. The van der Waals surface area contributed by atoms with Gasteiger partial charge in [-0.1, -0.05) is 42.5 Å². The third kappa shape index (κ3) is 6.97. The van der Waals surface area contributed by atoms with Crippen molar-refractivity contribution < 1.29 is 9.53 Å². The van der Waals surface area contributed by atoms with E-state index in [-0.39, 0.29) is 18.2 Å². The SMILES string of the molecule is C[C@@H]1CN(c2ccccc2NC(=O)N(CCc2ccccc2)CCN(C)C)C[C@H](C)O1. The zero-order chi connectivity index (χ0) is 22.2. The smallest absolute Gasteiger partial charge is 0.321 e. The number of para-hydroxylation sites is 2. The van der Waals surface area contributed by atoms with E-state index in [1.165, 1.54) is 5.56 Å². The number of carbonyl (C=O) groups excluding carboxylic acids is 1. The number of benzene rings is 2. The van der Waals surface area contributed by atoms with Gasteiger partial charge in [0.05, 0.1) is 23.6 Å². The fourth-order valence-electron chi connectivity index (χ4n) is 3.97. The number of amides is 2. The minimum Gasteiger partial charge on any atom is -0.372 e. The first-order valence-electron chi connectivity index (χ1n) is 11.2. The molecule has 168 valence electrons. The lowest BCUT2D eigenvalue weighted by Crippen LogP contribution is -2.46. The Hall–Kier alpha value is -2.57. The van der Waals surface area contributed by atoms with Crippen LogP contribution in [0.4, 0.5) is 16.2 Å². The van der Waals surface area contributed by atoms with E-state index in [9.17, 15) is 4.79 Å². The predicted octanol–water partition coefficient (Wildman–Crippen LogP) is 3.94. The molecule has 0 aromatic heterocycles. The van der Waals surface area contributed by atoms with Crippen LogP contribution in [-0.2, 0) is 11.2 Å². The summed E-state index contributed by atoms with van der Waals surface area (Å²) in [7, 11) is 4.06. The average Bonchev–Trinajstić information content (AvgIpc) is 2.74. The summed E-state index contributed by atoms with van der Waals surface area (Å²) in [5.41, 5.74) is 3.14. The zero-order valence-electron chi connectivity index (χ0n) is 19.3. The van der Waals surface area contributed by atoms with Gasteiger partial charge in [-0.25, -0.2) is 4.79 Å². The van der Waals surface area contributed by atoms with E-state index in [0.29, 0.717) is 13.1 Å². The van der Waals surface area contributed by atoms with Crippen LogP contribution in [0.25, 0.3) is 0 Å². The highest BCUT2D eigenvalue weighted by Gasteiger charge is 2.25. The summed E-state index contributed by atoms with van der Waals surface area (Å²) in [6.45, 7) is 8.00. The molecule has 2 amide bonds. The van der Waals surface area contributed by atoms with Crippen molar-refractivity contribution in [3.63, 3.8) is 0 Å². The van der Waals surface area contributed by atoms with Crippen LogP contribution in [0.2, 0.25) is 0 Å². The van der Waals surface area contributed by atoms with Crippen molar-refractivity contribution in [2.75, 3.05) is 57.0 Å². The van der Waals surface area contributed by atoms with Gasteiger partial charge < -0.3 is 24.8 Å². The van der Waals surface area contributed by atoms with Crippen LogP contribution in [0.15, 0.2) is 54.6 Å². The summed E-state index contributed by atoms with van der Waals surface area (Å²) in [4.78, 5) is 19.6. The van der Waals surface area contributed by atoms with Crippen LogP contribution in [0.5, 0.6) is 0 Å². The Morgan fingerprint density at radius 1 is 0.968 bits per heavy atom. The molecule has 2 aromatic rings. The lowest BCUT2D eigenvalue weighted by molar-refractivity contribution is -0.00517. The lowest BCUT2D eigenvalue weighted by atomic mass is 10.1. The summed E-state index contributed by atoms with van der Waals surface area (Å²) in [6.07, 6.45) is 1.16. The molecule has 2 aromatic carbocycles. The molecule has 0 saturated carbocycles. The molecule has 0 aliphatic carbocycles. The van der Waals surface area contributed by atoms with E-state index in [1.54, 1.807) is 0 Å². The highest BCUT2D eigenvalue weighted by atomic mass is 16.5. The molecule has 6 nitrogen and oxygen atoms in total. The van der Waals surface area contributed by atoms with Gasteiger partial charge in [-0.05, 0) is 52.1 Å². The number of hydrogen-bond acceptors (Lipinski definition) is 4. The molecule has 31 heavy (non-hydrogen) atoms. The van der Waals surface area contributed by atoms with Crippen molar-refractivity contribution in [2.24, 2.45) is 0 Å². The molecule has 0 radical (unpaired) electrons. The number of ether oxygens (including phenoxy) is 1. The fraction of sp³-hybridized carbons (Fsp3) is 0.480. The standard InChI is InChI=1S/C25H36N4O2/c1-20-18-29(19-21(2)31-20)24-13-9-8-12-23(24)26-25(30)28(17-16-27(3)4)15-14-22-10-6-5-7-11-22/h5-13,20-21H,14-19H2,1-4H3,(H,26,30)/t20-,21+. The molecule has 1 saturated heterocycles. The van der Waals surface area contributed by atoms with Crippen molar-refractivity contribution in [1.29, 1.82) is 0 Å². The molecule has 1 heterocycles. The molecule has 0 spiro atoms. The molecule has 3 rings (SSSR count). The van der Waals surface area contributed by atoms with Gasteiger partial charge in [-0.2, -0.15) is 0 Å². The first kappa shape index (κ1) is 23.1. The number of nitrogens with zero attached hydrogens (tertiary/aromatic N) is 3. The largest absolute Gasteiger partial charge is 0.372 e. The number of anilines is 2. The second-order valence-corrected chi connectivity index (χ2v) is 8.64. The van der Waals surface area contributed by atoms with Crippen molar-refractivity contribution in [3.05, 3.63) is 60.2 Å². The summed E-state index contributed by atoms with van der Waals surface area (Å²) in [6, 6.07) is 18.3. The summed E-state index contributed by atoms with van der Waals surface area (Å²) in [5.74, 6) is 0. The van der Waals surface area contributed by atoms with Crippen molar-refractivity contribution in [1.82, 2.24) is 9.80 Å². The maximum Gasteiger partial charge on any atom is 0.321 e. The van der Waals surface area contributed by atoms with Gasteiger partial charge in [0.1, 0.15) is 0 Å². The normalized spacial score (nSPS) is 18.8. The molecule has 1 aliphatic heterocycles. The Morgan fingerprint density at radius 2 is 1.61 bits per heavy atom. The van der Waals surface area contributed by atoms with Gasteiger partial charge in [-0.15, -0.1) is 0 Å². The third-order valence-corrected chi connectivity index (χ3v) is 5.52. The van der Waals surface area contributed by atoms with Crippen LogP contribution >= 0.6 is 0 Å². The molecule has 0 unspecified atom stereocenters. The summed E-state index contributed by atoms with van der Waals surface area (Å²) < 4.78 is 5.88. The first-order chi connectivity index (χ1) is 14.9. The number of carbonyl (C=O) groups is 1. The quantitative estimate of drug-likeness (QED) is 0.697. The Balaban J connectivity index is 1.71. The predicted molar refractivity (Wildman–Crippen MR) is 128 cm³/mol. The lowest BCUT2D eigenvalue weighted by Gasteiger charge is -2.37. The van der Waals surface area contributed by atoms with Crippen molar-refractivity contribution in [2.45, 2.75) is 32.5 Å². The maximum atomic E-state index is 13.3. The molecule has 0 bridgehead atoms. The number of morpholine rings is 1. The third-order valence-electron chi connectivity index (χ3n) is 5.52. The monoisotopic (exact) mass is 424 g/mol. The van der Waals surface area contributed by atoms with Gasteiger partial charge in [0, 0.05) is 32.7 Å². The minimum absolute atomic E-state index is 0.0559. The first-order valence-corrected chi connectivity index (χ1v) is 11.2. The Morgan fingerprint density at radius 3 is 2.29 bits per heavy atom. The van der Waals surface area contributed by atoms with E-state index < -0.39 is 0 Å². The Bertz CT molecular complexity index is 817. The Kier molecular flexibility index (Phi) is 8.32. The molecule has 1 N–H and O–H groups in total. The summed E-state index contributed by atoms with van der Waals surface area (Å²) in [5, 5.41) is 3.18. The van der Waals surface area contributed by atoms with Crippen LogP contribution < -0.4 is 10.2 Å². The molecular weight excluding hydrogens is 388 g/mol. The topological polar surface area (TPSA) is 48.1 Å². The van der Waals surface area contributed by atoms with Gasteiger partial charge in [0.25, 0.3) is 0 Å². The van der Waals surface area contributed by atoms with Crippen LogP contribution in [-0.4, -0.2) is 74.9 Å². The van der Waals surface area contributed by atoms with Gasteiger partial charge in [0.2, 0.25) is 0 Å². The van der Waals surface area contributed by atoms with Crippen LogP contribution in [0.1, 0.15) is 19.4 Å². The van der Waals surface area contributed by atoms with Gasteiger partial charge >= 0.3 is 6.03 Å². The maximum absolute atomic E-state index is 13.3. The Labute approximate surface area is 186 Å². The number of nitrogens with one attached hydrogen (secondary N) is 1. The van der Waals surface area contributed by atoms with Crippen LogP contribution in [0, 0.1) is 0 Å². The second kappa shape index (κ2) is 11.2. The molecule has 6 heteroatoms. The van der Waals surface area contributed by atoms with Gasteiger partial charge in [0.15, 0.2) is 0 Å². The molecule has 1 fully saturated rings. The van der Waals surface area contributed by atoms with E-state index in [1.807, 2.05) is 55.4 Å². The fourth-order valence-corrected chi connectivity index (χ4v) is 3.97. The van der Waals surface area contributed by atoms with E-state index in [0.717, 1.165) is 37.4 Å². The number of urea groups is 1. The number of rotatable bonds is 8. The molecule has 1 aliphatic rings. The minimum atomic E-state index is -0.0559. The highest BCUT2D eigenvalue weighted by Crippen LogP contribution is 2.28. The molecule has 2 atom stereocenters. The summed E-state index contributed by atoms with van der Waals surface area (Å²) >= 11 is 0. The van der Waals surface area contributed by atoms with Gasteiger partial charge in [-0.3, -0.25) is 0 Å².